The van der Waals surface area contributed by atoms with Crippen molar-refractivity contribution in [2.75, 3.05) is 19.9 Å². The van der Waals surface area contributed by atoms with Crippen molar-refractivity contribution in [2.24, 2.45) is 5.92 Å². The first-order valence-corrected chi connectivity index (χ1v) is 10.5. The molecule has 2 nitrogen and oxygen atoms in total. The molecule has 3 rings (SSSR count). The molecule has 0 aliphatic carbocycles. The van der Waals surface area contributed by atoms with Gasteiger partial charge in [0.05, 0.1) is 26.0 Å². The van der Waals surface area contributed by atoms with E-state index in [4.69, 9.17) is 9.47 Å². The van der Waals surface area contributed by atoms with Crippen LogP contribution in [0, 0.1) is 17.6 Å². The number of rotatable bonds is 9. The molecule has 0 N–H and O–H groups in total. The Hall–Kier alpha value is -2.01. The van der Waals surface area contributed by atoms with Gasteiger partial charge in [-0.05, 0) is 66.8 Å². The van der Waals surface area contributed by atoms with E-state index < -0.39 is 24.1 Å². The minimum Gasteiger partial charge on any atom is -0.488 e. The molecule has 2 aromatic rings. The first-order chi connectivity index (χ1) is 14.1. The maximum Gasteiger partial charge on any atom is 0.190 e. The first kappa shape index (κ1) is 21.7. The predicted octanol–water partition coefficient (Wildman–Crippen LogP) is 7.03. The number of halogens is 3. The van der Waals surface area contributed by atoms with Crippen LogP contribution < -0.4 is 4.74 Å². The highest BCUT2D eigenvalue weighted by Gasteiger charge is 2.22. The molecule has 1 heterocycles. The van der Waals surface area contributed by atoms with Gasteiger partial charge in [0.25, 0.3) is 0 Å². The number of unbranched alkanes of at least 4 members (excludes halogenated alkanes) is 1. The van der Waals surface area contributed by atoms with Gasteiger partial charge in [-0.3, -0.25) is 4.39 Å². The number of ether oxygens (including phenoxy) is 2. The third-order valence-corrected chi connectivity index (χ3v) is 5.46. The van der Waals surface area contributed by atoms with Crippen LogP contribution in [-0.4, -0.2) is 19.9 Å². The summed E-state index contributed by atoms with van der Waals surface area (Å²) in [6, 6.07) is 10.2. The summed E-state index contributed by atoms with van der Waals surface area (Å²) in [5.74, 6) is -1.25. The summed E-state index contributed by atoms with van der Waals surface area (Å²) in [6.07, 6.45) is 5.38. The lowest BCUT2D eigenvalue weighted by molar-refractivity contribution is -0.0194. The van der Waals surface area contributed by atoms with Gasteiger partial charge in [-0.1, -0.05) is 37.6 Å². The number of benzene rings is 2. The van der Waals surface area contributed by atoms with Crippen LogP contribution in [0.2, 0.25) is 0 Å². The molecule has 2 aromatic carbocycles. The monoisotopic (exact) mass is 406 g/mol. The van der Waals surface area contributed by atoms with Gasteiger partial charge in [0, 0.05) is 0 Å². The number of alkyl halides is 1. The quantitative estimate of drug-likeness (QED) is 0.416. The predicted molar refractivity (Wildman–Crippen MR) is 109 cm³/mol. The van der Waals surface area contributed by atoms with Crippen LogP contribution in [0.25, 0.3) is 11.1 Å². The maximum atomic E-state index is 14.3. The molecule has 5 heteroatoms. The minimum atomic E-state index is -0.748. The Kier molecular flexibility index (Phi) is 7.99. The molecule has 2 unspecified atom stereocenters. The molecule has 0 radical (unpaired) electrons. The second-order valence-corrected chi connectivity index (χ2v) is 7.69. The van der Waals surface area contributed by atoms with E-state index in [1.54, 1.807) is 0 Å². The Morgan fingerprint density at radius 3 is 2.31 bits per heavy atom. The molecule has 1 fully saturated rings. The molecule has 2 atom stereocenters. The third kappa shape index (κ3) is 5.75. The molecule has 0 aromatic heterocycles. The van der Waals surface area contributed by atoms with Gasteiger partial charge < -0.3 is 9.47 Å². The van der Waals surface area contributed by atoms with Crippen molar-refractivity contribution in [1.29, 1.82) is 0 Å². The Labute approximate surface area is 171 Å². The maximum absolute atomic E-state index is 14.3. The molecule has 1 saturated heterocycles. The van der Waals surface area contributed by atoms with Crippen molar-refractivity contribution < 1.29 is 22.6 Å². The average molecular weight is 406 g/mol. The van der Waals surface area contributed by atoms with Crippen LogP contribution in [0.1, 0.15) is 57.1 Å². The highest BCUT2D eigenvalue weighted by molar-refractivity contribution is 5.65. The van der Waals surface area contributed by atoms with Crippen LogP contribution in [0.5, 0.6) is 5.75 Å². The van der Waals surface area contributed by atoms with Gasteiger partial charge in [0.1, 0.15) is 0 Å². The van der Waals surface area contributed by atoms with E-state index in [1.807, 2.05) is 24.3 Å². The molecule has 1 aliphatic rings. The highest BCUT2D eigenvalue weighted by Crippen LogP contribution is 2.34. The minimum absolute atomic E-state index is 0.0886. The summed E-state index contributed by atoms with van der Waals surface area (Å²) in [7, 11) is 0. The van der Waals surface area contributed by atoms with Crippen LogP contribution in [0.15, 0.2) is 36.4 Å². The van der Waals surface area contributed by atoms with Crippen molar-refractivity contribution >= 4 is 0 Å². The fourth-order valence-corrected chi connectivity index (χ4v) is 3.83. The van der Waals surface area contributed by atoms with E-state index in [0.717, 1.165) is 24.2 Å². The molecule has 29 heavy (non-hydrogen) atoms. The summed E-state index contributed by atoms with van der Waals surface area (Å²) in [5, 5.41) is 0. The largest absolute Gasteiger partial charge is 0.488 e. The van der Waals surface area contributed by atoms with Crippen LogP contribution in [-0.2, 0) is 4.74 Å². The Balaban J connectivity index is 1.65. The molecular formula is C24H29F3O2. The van der Waals surface area contributed by atoms with Gasteiger partial charge in [0.2, 0.25) is 0 Å². The molecular weight excluding hydrogens is 377 g/mol. The Morgan fingerprint density at radius 1 is 1.00 bits per heavy atom. The van der Waals surface area contributed by atoms with E-state index in [2.05, 4.69) is 6.92 Å². The van der Waals surface area contributed by atoms with Crippen molar-refractivity contribution in [3.05, 3.63) is 53.6 Å². The van der Waals surface area contributed by atoms with Crippen LogP contribution >= 0.6 is 0 Å². The summed E-state index contributed by atoms with van der Waals surface area (Å²) in [4.78, 5) is 0. The first-order valence-electron chi connectivity index (χ1n) is 10.5. The topological polar surface area (TPSA) is 18.5 Å². The van der Waals surface area contributed by atoms with Gasteiger partial charge >= 0.3 is 0 Å². The SMILES string of the molecule is CCCC1CCC(c2ccc(-c3cc(F)c(OCCCCF)c(F)c3)cc2)OC1. The number of hydrogen-bond donors (Lipinski definition) is 0. The van der Waals surface area contributed by atoms with E-state index in [9.17, 15) is 13.2 Å². The Bertz CT molecular complexity index is 745. The summed E-state index contributed by atoms with van der Waals surface area (Å²) < 4.78 is 51.9. The average Bonchev–Trinajstić information content (AvgIpc) is 2.73. The van der Waals surface area contributed by atoms with Crippen molar-refractivity contribution in [3.8, 4) is 16.9 Å². The standard InChI is InChI=1S/C24H29F3O2/c1-2-5-17-6-11-23(29-16-17)19-9-7-18(8-10-19)20-14-21(26)24(22(27)15-20)28-13-4-3-12-25/h7-10,14-15,17,23H,2-6,11-13,16H2,1H3. The zero-order chi connectivity index (χ0) is 20.6. The molecule has 158 valence electrons. The molecule has 1 aliphatic heterocycles. The van der Waals surface area contributed by atoms with Gasteiger partial charge in [0.15, 0.2) is 17.4 Å². The second-order valence-electron chi connectivity index (χ2n) is 7.69. The zero-order valence-electron chi connectivity index (χ0n) is 16.9. The zero-order valence-corrected chi connectivity index (χ0v) is 16.9. The summed E-state index contributed by atoms with van der Waals surface area (Å²) in [6.45, 7) is 2.62. The normalized spacial score (nSPS) is 19.3. The lowest BCUT2D eigenvalue weighted by atomic mass is 9.91. The van der Waals surface area contributed by atoms with E-state index in [1.165, 1.54) is 31.4 Å². The van der Waals surface area contributed by atoms with E-state index in [0.29, 0.717) is 24.3 Å². The van der Waals surface area contributed by atoms with E-state index in [-0.39, 0.29) is 12.7 Å². The molecule has 0 amide bonds. The smallest absolute Gasteiger partial charge is 0.190 e. The Morgan fingerprint density at radius 2 is 1.72 bits per heavy atom. The second kappa shape index (κ2) is 10.7. The molecule has 0 spiro atoms. The fourth-order valence-electron chi connectivity index (χ4n) is 3.83. The molecule has 0 bridgehead atoms. The van der Waals surface area contributed by atoms with Gasteiger partial charge in [-0.2, -0.15) is 0 Å². The fraction of sp³-hybridized carbons (Fsp3) is 0.500. The van der Waals surface area contributed by atoms with E-state index >= 15 is 0 Å². The summed E-state index contributed by atoms with van der Waals surface area (Å²) >= 11 is 0. The van der Waals surface area contributed by atoms with Crippen molar-refractivity contribution in [3.63, 3.8) is 0 Å². The number of hydrogen-bond acceptors (Lipinski definition) is 2. The van der Waals surface area contributed by atoms with Crippen molar-refractivity contribution in [1.82, 2.24) is 0 Å². The lowest BCUT2D eigenvalue weighted by Gasteiger charge is -2.29. The summed E-state index contributed by atoms with van der Waals surface area (Å²) in [5.41, 5.74) is 2.28. The highest BCUT2D eigenvalue weighted by atomic mass is 19.1. The lowest BCUT2D eigenvalue weighted by Crippen LogP contribution is -2.20. The van der Waals surface area contributed by atoms with Gasteiger partial charge in [-0.15, -0.1) is 0 Å². The van der Waals surface area contributed by atoms with Crippen LogP contribution in [0.3, 0.4) is 0 Å². The third-order valence-electron chi connectivity index (χ3n) is 5.46. The van der Waals surface area contributed by atoms with Crippen molar-refractivity contribution in [2.45, 2.75) is 51.6 Å². The van der Waals surface area contributed by atoms with Gasteiger partial charge in [-0.25, -0.2) is 8.78 Å². The molecule has 0 saturated carbocycles. The van der Waals surface area contributed by atoms with Crippen LogP contribution in [0.4, 0.5) is 13.2 Å².